The number of nitrogens with zero attached hydrogens (tertiary/aromatic N) is 2. The van der Waals surface area contributed by atoms with Crippen LogP contribution in [0.5, 0.6) is 0 Å². The van der Waals surface area contributed by atoms with E-state index in [4.69, 9.17) is 4.74 Å². The molecule has 0 saturated carbocycles. The zero-order valence-corrected chi connectivity index (χ0v) is 26.8. The van der Waals surface area contributed by atoms with Gasteiger partial charge in [-0.05, 0) is 46.2 Å². The fourth-order valence-corrected chi connectivity index (χ4v) is 7.57. The van der Waals surface area contributed by atoms with Crippen LogP contribution in [0.25, 0.3) is 11.1 Å². The van der Waals surface area contributed by atoms with Crippen LogP contribution in [0, 0.1) is 0 Å². The molecule has 0 bridgehead atoms. The summed E-state index contributed by atoms with van der Waals surface area (Å²) in [6, 6.07) is 36.1. The summed E-state index contributed by atoms with van der Waals surface area (Å²) < 4.78 is 5.88. The van der Waals surface area contributed by atoms with Crippen LogP contribution in [0.3, 0.4) is 0 Å². The van der Waals surface area contributed by atoms with Crippen LogP contribution in [-0.2, 0) is 27.4 Å². The summed E-state index contributed by atoms with van der Waals surface area (Å²) in [5.41, 5.74) is 3.76. The second-order valence-electron chi connectivity index (χ2n) is 13.3. The molecule has 4 aromatic carbocycles. The molecule has 2 heterocycles. The van der Waals surface area contributed by atoms with Gasteiger partial charge in [0, 0.05) is 45.2 Å². The number of rotatable bonds is 10. The second-order valence-corrected chi connectivity index (χ2v) is 13.3. The highest BCUT2D eigenvalue weighted by Gasteiger charge is 2.52. The highest BCUT2D eigenvalue weighted by Crippen LogP contribution is 2.44. The molecule has 0 aromatic heterocycles. The number of benzene rings is 4. The largest absolute Gasteiger partial charge is 0.479 e. The molecular weight excluding hydrogens is 604 g/mol. The van der Waals surface area contributed by atoms with E-state index in [0.29, 0.717) is 32.6 Å². The van der Waals surface area contributed by atoms with Crippen LogP contribution < -0.4 is 10.6 Å². The van der Waals surface area contributed by atoms with Gasteiger partial charge in [0.1, 0.15) is 12.1 Å². The van der Waals surface area contributed by atoms with Crippen LogP contribution in [0.4, 0.5) is 4.79 Å². The first-order chi connectivity index (χ1) is 23.3. The monoisotopic (exact) mass is 644 g/mol. The molecule has 2 saturated heterocycles. The van der Waals surface area contributed by atoms with Gasteiger partial charge >= 0.3 is 12.1 Å². The minimum atomic E-state index is -1.48. The Morgan fingerprint density at radius 3 is 1.69 bits per heavy atom. The van der Waals surface area contributed by atoms with E-state index in [2.05, 4.69) is 39.8 Å². The normalized spacial score (nSPS) is 22.2. The number of aliphatic carboxylic acids is 1. The molecule has 4 aromatic rings. The van der Waals surface area contributed by atoms with E-state index >= 15 is 0 Å². The van der Waals surface area contributed by atoms with Gasteiger partial charge in [0.15, 0.2) is 5.54 Å². The van der Waals surface area contributed by atoms with Gasteiger partial charge in [-0.3, -0.25) is 14.6 Å². The molecule has 1 aliphatic carbocycles. The summed E-state index contributed by atoms with van der Waals surface area (Å²) in [5, 5.41) is 16.3. The molecule has 2 fully saturated rings. The number of likely N-dealkylation sites (tertiary alicyclic amines) is 2. The van der Waals surface area contributed by atoms with Crippen molar-refractivity contribution in [3.05, 3.63) is 131 Å². The Labute approximate surface area is 280 Å². The van der Waals surface area contributed by atoms with Crippen molar-refractivity contribution < 1.29 is 24.2 Å². The number of carbonyl (C=O) groups is 3. The van der Waals surface area contributed by atoms with Crippen molar-refractivity contribution in [2.75, 3.05) is 32.8 Å². The molecular formula is C39H40N4O5. The van der Waals surface area contributed by atoms with Gasteiger partial charge in [-0.15, -0.1) is 0 Å². The number of alkyl carbamates (subject to hydrolysis) is 1. The maximum atomic E-state index is 14.3. The van der Waals surface area contributed by atoms with Crippen molar-refractivity contribution in [2.24, 2.45) is 0 Å². The number of nitrogens with one attached hydrogen (secondary N) is 2. The van der Waals surface area contributed by atoms with Crippen LogP contribution >= 0.6 is 0 Å². The fourth-order valence-electron chi connectivity index (χ4n) is 7.57. The van der Waals surface area contributed by atoms with Gasteiger partial charge in [-0.2, -0.15) is 0 Å². The molecule has 9 nitrogen and oxygen atoms in total. The van der Waals surface area contributed by atoms with E-state index in [1.54, 1.807) is 0 Å². The minimum absolute atomic E-state index is 0.110. The van der Waals surface area contributed by atoms with Crippen LogP contribution in [-0.4, -0.2) is 76.7 Å². The van der Waals surface area contributed by atoms with Crippen LogP contribution in [0.2, 0.25) is 0 Å². The van der Waals surface area contributed by atoms with Crippen molar-refractivity contribution in [3.63, 3.8) is 0 Å². The van der Waals surface area contributed by atoms with Crippen molar-refractivity contribution in [2.45, 2.75) is 42.9 Å². The number of hydrogen-bond donors (Lipinski definition) is 3. The molecule has 9 heteroatoms. The summed E-state index contributed by atoms with van der Waals surface area (Å²) in [7, 11) is 0. The van der Waals surface area contributed by atoms with E-state index in [0.717, 1.165) is 33.4 Å². The van der Waals surface area contributed by atoms with E-state index < -0.39 is 29.0 Å². The maximum Gasteiger partial charge on any atom is 0.408 e. The zero-order chi connectivity index (χ0) is 33.1. The predicted molar refractivity (Wildman–Crippen MR) is 182 cm³/mol. The first kappa shape index (κ1) is 31.6. The van der Waals surface area contributed by atoms with Crippen LogP contribution in [0.15, 0.2) is 109 Å². The summed E-state index contributed by atoms with van der Waals surface area (Å²) in [6.45, 7) is 2.75. The Kier molecular flexibility index (Phi) is 8.73. The first-order valence-electron chi connectivity index (χ1n) is 16.6. The van der Waals surface area contributed by atoms with E-state index in [1.807, 2.05) is 89.8 Å². The maximum absolute atomic E-state index is 14.3. The molecule has 2 unspecified atom stereocenters. The summed E-state index contributed by atoms with van der Waals surface area (Å²) >= 11 is 0. The number of ether oxygens (including phenoxy) is 1. The smallest absolute Gasteiger partial charge is 0.408 e. The van der Waals surface area contributed by atoms with E-state index in [-0.39, 0.29) is 32.0 Å². The highest BCUT2D eigenvalue weighted by molar-refractivity contribution is 5.95. The first-order valence-corrected chi connectivity index (χ1v) is 16.6. The zero-order valence-electron chi connectivity index (χ0n) is 26.8. The number of amides is 2. The number of hydrogen-bond acceptors (Lipinski definition) is 6. The molecule has 3 N–H and O–H groups in total. The Hall–Kier alpha value is -4.99. The van der Waals surface area contributed by atoms with Gasteiger partial charge in [0.05, 0.1) is 0 Å². The summed E-state index contributed by atoms with van der Waals surface area (Å²) in [5.74, 6) is -1.71. The molecule has 2 aliphatic heterocycles. The van der Waals surface area contributed by atoms with Gasteiger partial charge in [0.25, 0.3) is 0 Å². The Morgan fingerprint density at radius 2 is 1.15 bits per heavy atom. The Balaban J connectivity index is 1.09. The Morgan fingerprint density at radius 1 is 0.667 bits per heavy atom. The van der Waals surface area contributed by atoms with Crippen molar-refractivity contribution in [3.8, 4) is 11.1 Å². The lowest BCUT2D eigenvalue weighted by atomic mass is 9.92. The molecule has 7 rings (SSSR count). The lowest BCUT2D eigenvalue weighted by Gasteiger charge is -2.34. The lowest BCUT2D eigenvalue weighted by molar-refractivity contribution is -0.148. The average Bonchev–Trinajstić information content (AvgIpc) is 3.80. The number of carbonyl (C=O) groups excluding carboxylic acids is 2. The molecule has 246 valence electrons. The SMILES string of the molecule is O=C(NC1(C(=O)NC2(C(=O)O)CCN(Cc3ccccc3)C2)CCN(Cc2ccccc2)C1)OCC1c2ccccc2-c2ccccc21. The third-order valence-electron chi connectivity index (χ3n) is 10.1. The molecule has 0 spiro atoms. The molecule has 3 aliphatic rings. The van der Waals surface area contributed by atoms with E-state index in [9.17, 15) is 19.5 Å². The Bertz CT molecular complexity index is 1760. The van der Waals surface area contributed by atoms with Gasteiger partial charge < -0.3 is 20.5 Å². The van der Waals surface area contributed by atoms with Crippen molar-refractivity contribution in [1.82, 2.24) is 20.4 Å². The van der Waals surface area contributed by atoms with Crippen LogP contribution in [0.1, 0.15) is 41.0 Å². The minimum Gasteiger partial charge on any atom is -0.479 e. The quantitative estimate of drug-likeness (QED) is 0.223. The van der Waals surface area contributed by atoms with E-state index in [1.165, 1.54) is 0 Å². The third-order valence-corrected chi connectivity index (χ3v) is 10.1. The van der Waals surface area contributed by atoms with Gasteiger partial charge in [-0.25, -0.2) is 9.59 Å². The van der Waals surface area contributed by atoms with Gasteiger partial charge in [0.2, 0.25) is 5.91 Å². The standard InChI is InChI=1S/C39H40N4O5/c44-35(40-39(36(45)46)20-22-43(27-39)24-29-13-5-2-6-14-29)38(19-21-42(26-38)23-28-11-3-1-4-12-28)41-37(47)48-25-34-32-17-9-7-15-30(32)31-16-8-10-18-33(31)34/h1-18,34H,19-27H2,(H,40,44)(H,41,47)(H,45,46). The summed E-state index contributed by atoms with van der Waals surface area (Å²) in [6.07, 6.45) is -0.121. The molecule has 48 heavy (non-hydrogen) atoms. The molecule has 2 atom stereocenters. The third kappa shape index (κ3) is 6.31. The van der Waals surface area contributed by atoms with Crippen molar-refractivity contribution >= 4 is 18.0 Å². The molecule has 2 amide bonds. The second kappa shape index (κ2) is 13.3. The lowest BCUT2D eigenvalue weighted by Crippen LogP contribution is -2.66. The molecule has 0 radical (unpaired) electrons. The topological polar surface area (TPSA) is 111 Å². The van der Waals surface area contributed by atoms with Gasteiger partial charge in [-0.1, -0.05) is 109 Å². The predicted octanol–water partition coefficient (Wildman–Crippen LogP) is 5.02. The summed E-state index contributed by atoms with van der Waals surface area (Å²) in [4.78, 5) is 44.9. The van der Waals surface area contributed by atoms with Crippen molar-refractivity contribution in [1.29, 1.82) is 0 Å². The number of carboxylic acids is 1. The fraction of sp³-hybridized carbons (Fsp3) is 0.308. The highest BCUT2D eigenvalue weighted by atomic mass is 16.5. The number of carboxylic acid groups (broad SMARTS) is 1. The number of fused-ring (bicyclic) bond motifs is 3. The average molecular weight is 645 g/mol.